The molecule has 2 heteroatoms. The highest BCUT2D eigenvalue weighted by Crippen LogP contribution is 2.11. The Morgan fingerprint density at radius 1 is 1.13 bits per heavy atom. The maximum Gasteiger partial charge on any atom is 0.0722 e. The van der Waals surface area contributed by atoms with Crippen LogP contribution in [0.3, 0.4) is 0 Å². The molecule has 1 aliphatic rings. The summed E-state index contributed by atoms with van der Waals surface area (Å²) < 4.78 is 0. The molecule has 15 heavy (non-hydrogen) atoms. The highest BCUT2D eigenvalue weighted by atomic mass is 16.3. The molecule has 0 saturated carbocycles. The molecular weight excluding hydrogens is 186 g/mol. The van der Waals surface area contributed by atoms with Crippen molar-refractivity contribution in [3.8, 4) is 0 Å². The summed E-state index contributed by atoms with van der Waals surface area (Å²) in [7, 11) is 0. The van der Waals surface area contributed by atoms with Crippen LogP contribution >= 0.6 is 0 Å². The fourth-order valence-electron chi connectivity index (χ4n) is 1.82. The normalized spacial score (nSPS) is 25.4. The maximum atomic E-state index is 9.30. The van der Waals surface area contributed by atoms with E-state index in [9.17, 15) is 5.11 Å². The third kappa shape index (κ3) is 3.18. The molecule has 0 radical (unpaired) electrons. The molecule has 0 aromatic heterocycles. The summed E-state index contributed by atoms with van der Waals surface area (Å²) in [5.41, 5.74) is 1.30. The summed E-state index contributed by atoms with van der Waals surface area (Å²) in [6.07, 6.45) is 5.59. The molecule has 0 heterocycles. The molecule has 2 N–H and O–H groups in total. The van der Waals surface area contributed by atoms with E-state index in [1.807, 2.05) is 12.1 Å². The Hall–Kier alpha value is -1.12. The van der Waals surface area contributed by atoms with Gasteiger partial charge in [0.15, 0.2) is 0 Å². The molecule has 80 valence electrons. The number of benzene rings is 1. The van der Waals surface area contributed by atoms with Gasteiger partial charge < -0.3 is 10.4 Å². The van der Waals surface area contributed by atoms with Crippen molar-refractivity contribution < 1.29 is 5.11 Å². The van der Waals surface area contributed by atoms with Gasteiger partial charge in [0.1, 0.15) is 0 Å². The van der Waals surface area contributed by atoms with Gasteiger partial charge in [-0.1, -0.05) is 42.5 Å². The zero-order valence-corrected chi connectivity index (χ0v) is 8.76. The van der Waals surface area contributed by atoms with Crippen molar-refractivity contribution in [2.45, 2.75) is 31.5 Å². The van der Waals surface area contributed by atoms with Crippen LogP contribution in [0, 0.1) is 0 Å². The number of hydrogen-bond acceptors (Lipinski definition) is 2. The summed E-state index contributed by atoms with van der Waals surface area (Å²) in [6.45, 7) is 0.895. The standard InChI is InChI=1S/C13H17NO/c15-13-8-6-12(7-9-13)14-10-11-4-2-1-3-5-11/h1-6,8,12-15H,7,9-10H2/t12-,13+/m1/s1. The van der Waals surface area contributed by atoms with E-state index in [-0.39, 0.29) is 6.10 Å². The Morgan fingerprint density at radius 2 is 1.93 bits per heavy atom. The molecule has 2 nitrogen and oxygen atoms in total. The first-order valence-corrected chi connectivity index (χ1v) is 5.48. The largest absolute Gasteiger partial charge is 0.389 e. The molecule has 0 spiro atoms. The molecule has 0 fully saturated rings. The van der Waals surface area contributed by atoms with Crippen molar-refractivity contribution in [1.82, 2.24) is 5.32 Å². The zero-order chi connectivity index (χ0) is 10.5. The number of aliphatic hydroxyl groups is 1. The van der Waals surface area contributed by atoms with Crippen molar-refractivity contribution >= 4 is 0 Å². The average molecular weight is 203 g/mol. The lowest BCUT2D eigenvalue weighted by Gasteiger charge is -2.20. The van der Waals surface area contributed by atoms with Crippen LogP contribution in [-0.4, -0.2) is 17.3 Å². The second kappa shape index (κ2) is 5.10. The van der Waals surface area contributed by atoms with E-state index in [2.05, 4.69) is 35.7 Å². The molecule has 1 aromatic carbocycles. The third-order valence-corrected chi connectivity index (χ3v) is 2.75. The monoisotopic (exact) mass is 203 g/mol. The Balaban J connectivity index is 1.82. The van der Waals surface area contributed by atoms with Crippen LogP contribution in [0.4, 0.5) is 0 Å². The summed E-state index contributed by atoms with van der Waals surface area (Å²) in [4.78, 5) is 0. The van der Waals surface area contributed by atoms with Gasteiger partial charge in [0.2, 0.25) is 0 Å². The van der Waals surface area contributed by atoms with Crippen LogP contribution in [0.25, 0.3) is 0 Å². The van der Waals surface area contributed by atoms with Gasteiger partial charge in [0, 0.05) is 12.6 Å². The van der Waals surface area contributed by atoms with Gasteiger partial charge in [-0.15, -0.1) is 0 Å². The number of hydrogen-bond donors (Lipinski definition) is 2. The maximum absolute atomic E-state index is 9.30. The van der Waals surface area contributed by atoms with Crippen LogP contribution in [0.5, 0.6) is 0 Å². The SMILES string of the molecule is O[C@H]1C=C[C@@H](NCc2ccccc2)CC1. The lowest BCUT2D eigenvalue weighted by Crippen LogP contribution is -2.30. The highest BCUT2D eigenvalue weighted by Gasteiger charge is 2.12. The van der Waals surface area contributed by atoms with Gasteiger partial charge in [-0.05, 0) is 18.4 Å². The second-order valence-electron chi connectivity index (χ2n) is 4.00. The minimum atomic E-state index is -0.236. The Morgan fingerprint density at radius 3 is 2.60 bits per heavy atom. The fraction of sp³-hybridized carbons (Fsp3) is 0.385. The van der Waals surface area contributed by atoms with Crippen LogP contribution in [0.2, 0.25) is 0 Å². The van der Waals surface area contributed by atoms with E-state index in [1.165, 1.54) is 5.56 Å². The van der Waals surface area contributed by atoms with Crippen LogP contribution in [-0.2, 0) is 6.54 Å². The van der Waals surface area contributed by atoms with Crippen molar-refractivity contribution in [2.24, 2.45) is 0 Å². The molecular formula is C13H17NO. The number of aliphatic hydroxyl groups excluding tert-OH is 1. The molecule has 1 aromatic rings. The predicted molar refractivity (Wildman–Crippen MR) is 61.5 cm³/mol. The van der Waals surface area contributed by atoms with Gasteiger partial charge in [-0.25, -0.2) is 0 Å². The van der Waals surface area contributed by atoms with Crippen molar-refractivity contribution in [3.05, 3.63) is 48.0 Å². The van der Waals surface area contributed by atoms with Crippen molar-refractivity contribution in [1.29, 1.82) is 0 Å². The minimum Gasteiger partial charge on any atom is -0.389 e. The van der Waals surface area contributed by atoms with Crippen molar-refractivity contribution in [3.63, 3.8) is 0 Å². The topological polar surface area (TPSA) is 32.3 Å². The van der Waals surface area contributed by atoms with Crippen LogP contribution in [0.1, 0.15) is 18.4 Å². The molecule has 0 saturated heterocycles. The highest BCUT2D eigenvalue weighted by molar-refractivity contribution is 5.15. The molecule has 0 amide bonds. The quantitative estimate of drug-likeness (QED) is 0.735. The Labute approximate surface area is 90.6 Å². The summed E-state index contributed by atoms with van der Waals surface area (Å²) in [5, 5.41) is 12.8. The molecule has 2 rings (SSSR count). The molecule has 2 atom stereocenters. The van der Waals surface area contributed by atoms with Gasteiger partial charge >= 0.3 is 0 Å². The first-order valence-electron chi connectivity index (χ1n) is 5.48. The first-order chi connectivity index (χ1) is 7.34. The van der Waals surface area contributed by atoms with Gasteiger partial charge in [0.05, 0.1) is 6.10 Å². The number of nitrogens with one attached hydrogen (secondary N) is 1. The smallest absolute Gasteiger partial charge is 0.0722 e. The fourth-order valence-corrected chi connectivity index (χ4v) is 1.82. The van der Waals surface area contributed by atoms with E-state index in [0.29, 0.717) is 6.04 Å². The van der Waals surface area contributed by atoms with Gasteiger partial charge in [-0.3, -0.25) is 0 Å². The van der Waals surface area contributed by atoms with E-state index in [0.717, 1.165) is 19.4 Å². The lowest BCUT2D eigenvalue weighted by atomic mass is 10.0. The lowest BCUT2D eigenvalue weighted by molar-refractivity contribution is 0.198. The average Bonchev–Trinajstić information content (AvgIpc) is 2.30. The van der Waals surface area contributed by atoms with Gasteiger partial charge in [0.25, 0.3) is 0 Å². The molecule has 0 aliphatic heterocycles. The Bertz CT molecular complexity index is 321. The van der Waals surface area contributed by atoms with E-state index >= 15 is 0 Å². The Kier molecular flexibility index (Phi) is 3.54. The van der Waals surface area contributed by atoms with Crippen molar-refractivity contribution in [2.75, 3.05) is 0 Å². The van der Waals surface area contributed by atoms with Crippen LogP contribution < -0.4 is 5.32 Å². The van der Waals surface area contributed by atoms with Gasteiger partial charge in [-0.2, -0.15) is 0 Å². The summed E-state index contributed by atoms with van der Waals surface area (Å²) in [6, 6.07) is 10.8. The zero-order valence-electron chi connectivity index (χ0n) is 8.76. The van der Waals surface area contributed by atoms with E-state index < -0.39 is 0 Å². The third-order valence-electron chi connectivity index (χ3n) is 2.75. The number of rotatable bonds is 3. The van der Waals surface area contributed by atoms with E-state index in [1.54, 1.807) is 0 Å². The predicted octanol–water partition coefficient (Wildman–Crippen LogP) is 1.86. The molecule has 1 aliphatic carbocycles. The van der Waals surface area contributed by atoms with E-state index in [4.69, 9.17) is 0 Å². The molecule has 0 unspecified atom stereocenters. The minimum absolute atomic E-state index is 0.236. The summed E-state index contributed by atoms with van der Waals surface area (Å²) in [5.74, 6) is 0. The summed E-state index contributed by atoms with van der Waals surface area (Å²) >= 11 is 0. The molecule has 0 bridgehead atoms. The first kappa shape index (κ1) is 10.4. The second-order valence-corrected chi connectivity index (χ2v) is 4.00. The van der Waals surface area contributed by atoms with Crippen LogP contribution in [0.15, 0.2) is 42.5 Å².